The van der Waals surface area contributed by atoms with Gasteiger partial charge >= 0.3 is 0 Å². The van der Waals surface area contributed by atoms with E-state index in [1.54, 1.807) is 24.3 Å². The minimum Gasteiger partial charge on any atom is -0.278 e. The van der Waals surface area contributed by atoms with Gasteiger partial charge in [-0.2, -0.15) is 0 Å². The quantitative estimate of drug-likeness (QED) is 0.524. The smallest absolute Gasteiger partial charge is 0.261 e. The monoisotopic (exact) mass is 347 g/mol. The van der Waals surface area contributed by atoms with Gasteiger partial charge in [0.2, 0.25) is 0 Å². The van der Waals surface area contributed by atoms with Crippen molar-refractivity contribution in [1.82, 2.24) is 0 Å². The van der Waals surface area contributed by atoms with E-state index in [9.17, 15) is 8.42 Å². The maximum Gasteiger partial charge on any atom is 0.261 e. The highest BCUT2D eigenvalue weighted by Crippen LogP contribution is 2.34. The first kappa shape index (κ1) is 15.7. The number of fused-ring (bicyclic) bond motifs is 2. The summed E-state index contributed by atoms with van der Waals surface area (Å²) in [7, 11) is -3.66. The fourth-order valence-electron chi connectivity index (χ4n) is 3.03. The number of hydrogen-bond acceptors (Lipinski definition) is 2. The number of hydrogen-bond donors (Lipinski definition) is 1. The Morgan fingerprint density at radius 2 is 1.24 bits per heavy atom. The maximum absolute atomic E-state index is 12.9. The second-order valence-electron chi connectivity index (χ2n) is 6.11. The van der Waals surface area contributed by atoms with Crippen LogP contribution in [0.5, 0.6) is 0 Å². The van der Waals surface area contributed by atoms with Gasteiger partial charge in [-0.15, -0.1) is 0 Å². The average Bonchev–Trinajstić information content (AvgIpc) is 2.62. The largest absolute Gasteiger partial charge is 0.278 e. The van der Waals surface area contributed by atoms with E-state index in [4.69, 9.17) is 0 Å². The van der Waals surface area contributed by atoms with Crippen molar-refractivity contribution in [2.24, 2.45) is 0 Å². The Labute approximate surface area is 147 Å². The molecule has 1 N–H and O–H groups in total. The molecule has 0 bridgehead atoms. The number of sulfonamides is 1. The molecule has 0 spiro atoms. The molecule has 0 aliphatic rings. The minimum atomic E-state index is -3.66. The predicted octanol–water partition coefficient (Wildman–Crippen LogP) is 5.10. The molecule has 0 unspecified atom stereocenters. The van der Waals surface area contributed by atoms with Crippen LogP contribution in [0.1, 0.15) is 5.56 Å². The van der Waals surface area contributed by atoms with E-state index in [2.05, 4.69) is 10.8 Å². The molecule has 0 radical (unpaired) electrons. The van der Waals surface area contributed by atoms with Crippen LogP contribution in [-0.4, -0.2) is 8.42 Å². The van der Waals surface area contributed by atoms with Gasteiger partial charge in [0, 0.05) is 10.8 Å². The minimum absolute atomic E-state index is 0.259. The van der Waals surface area contributed by atoms with E-state index in [0.717, 1.165) is 27.1 Å². The molecule has 0 saturated heterocycles. The van der Waals surface area contributed by atoms with Gasteiger partial charge in [-0.1, -0.05) is 66.2 Å². The highest BCUT2D eigenvalue weighted by Gasteiger charge is 2.17. The van der Waals surface area contributed by atoms with Crippen molar-refractivity contribution in [2.75, 3.05) is 4.72 Å². The van der Waals surface area contributed by atoms with Gasteiger partial charge in [-0.05, 0) is 35.9 Å². The van der Waals surface area contributed by atoms with Gasteiger partial charge in [0.15, 0.2) is 0 Å². The Balaban J connectivity index is 1.94. The molecule has 4 rings (SSSR count). The van der Waals surface area contributed by atoms with Gasteiger partial charge < -0.3 is 0 Å². The van der Waals surface area contributed by atoms with E-state index < -0.39 is 10.0 Å². The van der Waals surface area contributed by atoms with Gasteiger partial charge in [-0.25, -0.2) is 8.42 Å². The normalized spacial score (nSPS) is 11.7. The second kappa shape index (κ2) is 5.90. The van der Waals surface area contributed by atoms with Crippen LogP contribution in [0.3, 0.4) is 0 Å². The molecule has 4 aromatic carbocycles. The van der Waals surface area contributed by atoms with E-state index in [-0.39, 0.29) is 4.90 Å². The summed E-state index contributed by atoms with van der Waals surface area (Å²) >= 11 is 0. The molecule has 0 aromatic heterocycles. The van der Waals surface area contributed by atoms with Crippen molar-refractivity contribution in [3.8, 4) is 0 Å². The average molecular weight is 347 g/mol. The summed E-state index contributed by atoms with van der Waals surface area (Å²) in [6.45, 7) is 1.93. The van der Waals surface area contributed by atoms with Gasteiger partial charge in [0.25, 0.3) is 10.0 Å². The standard InChI is InChI=1S/C21H17NO2S/c1-15-10-12-18(13-11-15)25(23,24)22-21-19-8-4-2-6-16(19)14-17-7-3-5-9-20(17)21/h2-14,22H,1H3. The van der Waals surface area contributed by atoms with Crippen LogP contribution in [0.15, 0.2) is 83.8 Å². The van der Waals surface area contributed by atoms with Crippen LogP contribution >= 0.6 is 0 Å². The van der Waals surface area contributed by atoms with E-state index in [0.29, 0.717) is 5.69 Å². The zero-order valence-corrected chi connectivity index (χ0v) is 14.5. The van der Waals surface area contributed by atoms with Crippen LogP contribution in [0.4, 0.5) is 5.69 Å². The molecular formula is C21H17NO2S. The lowest BCUT2D eigenvalue weighted by molar-refractivity contribution is 0.601. The lowest BCUT2D eigenvalue weighted by atomic mass is 10.0. The van der Waals surface area contributed by atoms with Crippen LogP contribution in [0.25, 0.3) is 21.5 Å². The fourth-order valence-corrected chi connectivity index (χ4v) is 4.14. The molecule has 0 aliphatic heterocycles. The Bertz CT molecular complexity index is 1130. The zero-order chi connectivity index (χ0) is 17.4. The second-order valence-corrected chi connectivity index (χ2v) is 7.79. The molecule has 0 saturated carbocycles. The SMILES string of the molecule is Cc1ccc(S(=O)(=O)Nc2c3ccccc3cc3ccccc23)cc1. The molecular weight excluding hydrogens is 330 g/mol. The first-order valence-corrected chi connectivity index (χ1v) is 9.53. The van der Waals surface area contributed by atoms with Gasteiger partial charge in [0.1, 0.15) is 0 Å². The summed E-state index contributed by atoms with van der Waals surface area (Å²) in [5.74, 6) is 0. The number of aryl methyl sites for hydroxylation is 1. The highest BCUT2D eigenvalue weighted by molar-refractivity contribution is 7.92. The lowest BCUT2D eigenvalue weighted by Crippen LogP contribution is -2.13. The summed E-state index contributed by atoms with van der Waals surface area (Å²) in [6, 6.07) is 24.5. The molecule has 3 nitrogen and oxygen atoms in total. The summed E-state index contributed by atoms with van der Waals surface area (Å²) < 4.78 is 28.6. The van der Waals surface area contributed by atoms with Crippen LogP contribution in [-0.2, 0) is 10.0 Å². The first-order valence-electron chi connectivity index (χ1n) is 8.04. The number of rotatable bonds is 3. The summed E-state index contributed by atoms with van der Waals surface area (Å²) in [5.41, 5.74) is 1.64. The highest BCUT2D eigenvalue weighted by atomic mass is 32.2. The zero-order valence-electron chi connectivity index (χ0n) is 13.7. The topological polar surface area (TPSA) is 46.2 Å². The molecule has 0 aliphatic carbocycles. The number of nitrogens with one attached hydrogen (secondary N) is 1. The van der Waals surface area contributed by atoms with E-state index >= 15 is 0 Å². The van der Waals surface area contributed by atoms with Crippen molar-refractivity contribution in [1.29, 1.82) is 0 Å². The summed E-state index contributed by atoms with van der Waals surface area (Å²) in [5, 5.41) is 3.78. The van der Waals surface area contributed by atoms with Crippen LogP contribution in [0.2, 0.25) is 0 Å². The van der Waals surface area contributed by atoms with Crippen molar-refractivity contribution < 1.29 is 8.42 Å². The summed E-state index contributed by atoms with van der Waals surface area (Å²) in [4.78, 5) is 0.259. The third-order valence-corrected chi connectivity index (χ3v) is 5.70. The van der Waals surface area contributed by atoms with Crippen LogP contribution < -0.4 is 4.72 Å². The molecule has 0 amide bonds. The van der Waals surface area contributed by atoms with Crippen molar-refractivity contribution >= 4 is 37.3 Å². The molecule has 124 valence electrons. The van der Waals surface area contributed by atoms with Crippen LogP contribution in [0, 0.1) is 6.92 Å². The van der Waals surface area contributed by atoms with Crippen molar-refractivity contribution in [2.45, 2.75) is 11.8 Å². The molecule has 0 fully saturated rings. The molecule has 4 aromatic rings. The van der Waals surface area contributed by atoms with Crippen molar-refractivity contribution in [3.63, 3.8) is 0 Å². The number of anilines is 1. The third kappa shape index (κ3) is 2.85. The third-order valence-electron chi connectivity index (χ3n) is 4.34. The molecule has 0 heterocycles. The van der Waals surface area contributed by atoms with Gasteiger partial charge in [0.05, 0.1) is 10.6 Å². The van der Waals surface area contributed by atoms with E-state index in [1.165, 1.54) is 0 Å². The molecule has 0 atom stereocenters. The summed E-state index contributed by atoms with van der Waals surface area (Å²) in [6.07, 6.45) is 0. The van der Waals surface area contributed by atoms with Gasteiger partial charge in [-0.3, -0.25) is 4.72 Å². The Morgan fingerprint density at radius 1 is 0.720 bits per heavy atom. The lowest BCUT2D eigenvalue weighted by Gasteiger charge is -2.14. The Kier molecular flexibility index (Phi) is 3.70. The predicted molar refractivity (Wildman–Crippen MR) is 103 cm³/mol. The Hall–Kier alpha value is -2.85. The number of benzene rings is 4. The van der Waals surface area contributed by atoms with E-state index in [1.807, 2.05) is 55.5 Å². The van der Waals surface area contributed by atoms with Crippen molar-refractivity contribution in [3.05, 3.63) is 84.4 Å². The molecule has 4 heteroatoms. The molecule has 25 heavy (non-hydrogen) atoms. The maximum atomic E-state index is 12.9. The Morgan fingerprint density at radius 3 is 1.80 bits per heavy atom. The fraction of sp³-hybridized carbons (Fsp3) is 0.0476. The first-order chi connectivity index (χ1) is 12.0.